The van der Waals surface area contributed by atoms with Gasteiger partial charge in [0.25, 0.3) is 5.91 Å². The summed E-state index contributed by atoms with van der Waals surface area (Å²) in [5, 5.41) is 13.0. The Morgan fingerprint density at radius 1 is 1.00 bits per heavy atom. The van der Waals surface area contributed by atoms with Crippen LogP contribution < -0.4 is 10.1 Å². The third-order valence-electron chi connectivity index (χ3n) is 9.78. The summed E-state index contributed by atoms with van der Waals surface area (Å²) in [7, 11) is 3.89. The van der Waals surface area contributed by atoms with Gasteiger partial charge in [0.1, 0.15) is 11.4 Å². The van der Waals surface area contributed by atoms with Crippen LogP contribution in [0.4, 0.5) is 18.0 Å². The quantitative estimate of drug-likeness (QED) is 0.124. The summed E-state index contributed by atoms with van der Waals surface area (Å²) < 4.78 is 54.0. The molecule has 0 atom stereocenters. The van der Waals surface area contributed by atoms with Gasteiger partial charge in [-0.2, -0.15) is 13.2 Å². The molecule has 0 aliphatic heterocycles. The van der Waals surface area contributed by atoms with Crippen LogP contribution in [0.5, 0.6) is 5.75 Å². The number of nitrogens with one attached hydrogen (secondary N) is 1. The number of hydrogen-bond acceptors (Lipinski definition) is 6. The Morgan fingerprint density at radius 3 is 2.29 bits per heavy atom. The average molecular weight is 709 g/mol. The molecule has 4 fully saturated rings. The zero-order valence-corrected chi connectivity index (χ0v) is 28.1. The highest BCUT2D eigenvalue weighted by Crippen LogP contribution is 2.58. The lowest BCUT2D eigenvalue weighted by atomic mass is 9.52. The topological polar surface area (TPSA) is 101 Å². The molecule has 0 unspecified atom stereocenters. The number of pyridine rings is 1. The van der Waals surface area contributed by atoms with E-state index in [1.165, 1.54) is 30.3 Å². The molecule has 4 saturated carbocycles. The van der Waals surface area contributed by atoms with Crippen LogP contribution in [0, 0.1) is 23.7 Å². The van der Waals surface area contributed by atoms with Gasteiger partial charge in [0, 0.05) is 29.5 Å². The van der Waals surface area contributed by atoms with Crippen LogP contribution >= 0.6 is 24.0 Å². The maximum absolute atomic E-state index is 14.2. The molecule has 4 aliphatic carbocycles. The molecule has 48 heavy (non-hydrogen) atoms. The summed E-state index contributed by atoms with van der Waals surface area (Å²) >= 11 is 6.44. The second kappa shape index (κ2) is 14.1. The van der Waals surface area contributed by atoms with E-state index in [4.69, 9.17) is 21.1 Å². The molecule has 7 rings (SSSR count). The van der Waals surface area contributed by atoms with Crippen LogP contribution in [0.2, 0.25) is 5.02 Å². The van der Waals surface area contributed by atoms with Gasteiger partial charge in [-0.15, -0.1) is 12.4 Å². The van der Waals surface area contributed by atoms with E-state index in [1.54, 1.807) is 18.2 Å². The third kappa shape index (κ3) is 7.23. The highest BCUT2D eigenvalue weighted by Gasteiger charge is 2.61. The lowest BCUT2D eigenvalue weighted by Crippen LogP contribution is -2.68. The van der Waals surface area contributed by atoms with Crippen LogP contribution in [-0.2, 0) is 10.9 Å². The third-order valence-corrected chi connectivity index (χ3v) is 10.1. The number of carbonyl (C=O) groups excluding carboxylic acids is 1. The number of amides is 1. The molecule has 1 aromatic heterocycles. The van der Waals surface area contributed by atoms with E-state index in [-0.39, 0.29) is 46.8 Å². The first-order valence-corrected chi connectivity index (χ1v) is 16.2. The van der Waals surface area contributed by atoms with Crippen molar-refractivity contribution in [2.75, 3.05) is 27.2 Å². The van der Waals surface area contributed by atoms with Gasteiger partial charge in [-0.1, -0.05) is 35.9 Å². The van der Waals surface area contributed by atoms with Gasteiger partial charge in [-0.05, 0) is 100 Å². The smallest absolute Gasteiger partial charge is 0.492 e. The predicted molar refractivity (Wildman–Crippen MR) is 177 cm³/mol. The molecule has 4 bridgehead atoms. The Labute approximate surface area is 288 Å². The number of alkyl halides is 3. The molecule has 1 amide bonds. The van der Waals surface area contributed by atoms with Crippen LogP contribution in [0.1, 0.15) is 54.6 Å². The maximum Gasteiger partial charge on any atom is 0.507 e. The molecule has 258 valence electrons. The number of carbonyl (C=O) groups is 2. The number of ether oxygens (including phenoxy) is 2. The van der Waals surface area contributed by atoms with Gasteiger partial charge in [-0.3, -0.25) is 4.79 Å². The molecule has 1 heterocycles. The van der Waals surface area contributed by atoms with E-state index < -0.39 is 29.5 Å². The van der Waals surface area contributed by atoms with E-state index >= 15 is 0 Å². The summed E-state index contributed by atoms with van der Waals surface area (Å²) in [6.45, 7) is 1.14. The zero-order valence-electron chi connectivity index (χ0n) is 26.6. The van der Waals surface area contributed by atoms with Gasteiger partial charge in [0.05, 0.1) is 22.9 Å². The van der Waals surface area contributed by atoms with Gasteiger partial charge < -0.3 is 24.8 Å². The van der Waals surface area contributed by atoms with Crippen LogP contribution in [0.3, 0.4) is 0 Å². The Morgan fingerprint density at radius 2 is 1.67 bits per heavy atom. The normalized spacial score (nSPS) is 24.2. The van der Waals surface area contributed by atoms with Gasteiger partial charge in [-0.25, -0.2) is 9.78 Å². The molecule has 4 aliphatic rings. The fourth-order valence-electron chi connectivity index (χ4n) is 7.98. The van der Waals surface area contributed by atoms with Crippen molar-refractivity contribution in [3.05, 3.63) is 70.9 Å². The van der Waals surface area contributed by atoms with Crippen molar-refractivity contribution in [3.8, 4) is 28.1 Å². The van der Waals surface area contributed by atoms with Crippen molar-refractivity contribution >= 4 is 36.1 Å². The number of rotatable bonds is 10. The van der Waals surface area contributed by atoms with Gasteiger partial charge >= 0.3 is 12.3 Å². The SMILES string of the molecule is CN(C)CCCOc1cc(-c2nc(C(=O)NC3(OC(=O)O)C4CC5CC(C4)CC3C5)ccc2-c2ccccc2C(F)(F)F)ccc1Cl.Cl. The summed E-state index contributed by atoms with van der Waals surface area (Å²) in [6.07, 6.45) is -1.26. The minimum atomic E-state index is -4.65. The second-order valence-corrected chi connectivity index (χ2v) is 13.6. The Hall–Kier alpha value is -3.54. The van der Waals surface area contributed by atoms with E-state index in [1.807, 2.05) is 19.0 Å². The molecule has 0 spiro atoms. The Bertz CT molecular complexity index is 1640. The molecule has 2 aromatic carbocycles. The fourth-order valence-corrected chi connectivity index (χ4v) is 8.15. The molecule has 3 aromatic rings. The van der Waals surface area contributed by atoms with Crippen LogP contribution in [0.25, 0.3) is 22.4 Å². The molecular weight excluding hydrogens is 670 g/mol. The Balaban J connectivity index is 0.00000451. The molecule has 8 nitrogen and oxygen atoms in total. The van der Waals surface area contributed by atoms with E-state index in [9.17, 15) is 27.9 Å². The maximum atomic E-state index is 14.2. The van der Waals surface area contributed by atoms with Crippen LogP contribution in [0.15, 0.2) is 54.6 Å². The van der Waals surface area contributed by atoms with Gasteiger partial charge in [0.2, 0.25) is 0 Å². The van der Waals surface area contributed by atoms with Crippen molar-refractivity contribution in [1.82, 2.24) is 15.2 Å². The summed E-state index contributed by atoms with van der Waals surface area (Å²) in [6, 6.07) is 12.8. The Kier molecular flexibility index (Phi) is 10.5. The lowest BCUT2D eigenvalue weighted by molar-refractivity contribution is -0.191. The molecule has 2 N–H and O–H groups in total. The molecule has 13 heteroatoms. The van der Waals surface area contributed by atoms with Crippen molar-refractivity contribution in [1.29, 1.82) is 0 Å². The standard InChI is InChI=1S/C35H37ClF3N3O5.ClH/c1-42(2)12-5-13-46-30-19-22(8-10-28(30)36)31-26(25-6-3-4-7-27(25)35(37,38)39)9-11-29(40-31)32(43)41-34(47-33(44)45)23-15-20-14-21(17-23)18-24(34)16-20;/h3-4,6-11,19-21,23-24H,5,12-18H2,1-2H3,(H,41,43)(H,44,45);1H. The number of benzene rings is 2. The minimum absolute atomic E-state index is 0. The molecular formula is C35H38Cl2F3N3O5. The number of halogens is 5. The van der Waals surface area contributed by atoms with E-state index in [0.717, 1.165) is 51.1 Å². The molecule has 0 saturated heterocycles. The minimum Gasteiger partial charge on any atom is -0.492 e. The highest BCUT2D eigenvalue weighted by molar-refractivity contribution is 6.32. The largest absolute Gasteiger partial charge is 0.507 e. The number of hydrogen-bond donors (Lipinski definition) is 2. The predicted octanol–water partition coefficient (Wildman–Crippen LogP) is 8.42. The van der Waals surface area contributed by atoms with Crippen molar-refractivity contribution in [2.24, 2.45) is 23.7 Å². The van der Waals surface area contributed by atoms with Crippen molar-refractivity contribution in [3.63, 3.8) is 0 Å². The van der Waals surface area contributed by atoms with Crippen LogP contribution in [-0.4, -0.2) is 60.0 Å². The summed E-state index contributed by atoms with van der Waals surface area (Å²) in [5.41, 5.74) is -1.78. The van der Waals surface area contributed by atoms with E-state index in [0.29, 0.717) is 34.8 Å². The lowest BCUT2D eigenvalue weighted by Gasteiger charge is -2.59. The summed E-state index contributed by atoms with van der Waals surface area (Å²) in [5.74, 6) is 0.282. The first-order chi connectivity index (χ1) is 22.3. The first kappa shape index (κ1) is 35.8. The number of carboxylic acid groups (broad SMARTS) is 1. The number of aromatic nitrogens is 1. The second-order valence-electron chi connectivity index (χ2n) is 13.2. The monoisotopic (exact) mass is 707 g/mol. The first-order valence-electron chi connectivity index (χ1n) is 15.8. The van der Waals surface area contributed by atoms with Crippen molar-refractivity contribution in [2.45, 2.75) is 50.4 Å². The fraction of sp³-hybridized carbons (Fsp3) is 0.457. The van der Waals surface area contributed by atoms with Gasteiger partial charge in [0.15, 0.2) is 5.72 Å². The average Bonchev–Trinajstić information content (AvgIpc) is 3.01. The van der Waals surface area contributed by atoms with Crippen molar-refractivity contribution < 1.29 is 37.3 Å². The molecule has 0 radical (unpaired) electrons. The van der Waals surface area contributed by atoms with E-state index in [2.05, 4.69) is 10.3 Å². The highest BCUT2D eigenvalue weighted by atomic mass is 35.5. The zero-order chi connectivity index (χ0) is 33.5. The summed E-state index contributed by atoms with van der Waals surface area (Å²) in [4.78, 5) is 32.6. The number of nitrogens with zero attached hydrogens (tertiary/aromatic N) is 2.